The van der Waals surface area contributed by atoms with Crippen LogP contribution in [0.2, 0.25) is 10.0 Å². The second-order valence-electron chi connectivity index (χ2n) is 4.43. The van der Waals surface area contributed by atoms with E-state index in [1.807, 2.05) is 0 Å². The van der Waals surface area contributed by atoms with Crippen molar-refractivity contribution < 1.29 is 13.2 Å². The zero-order valence-corrected chi connectivity index (χ0v) is 13.4. The van der Waals surface area contributed by atoms with Crippen LogP contribution < -0.4 is 10.0 Å². The van der Waals surface area contributed by atoms with E-state index in [4.69, 9.17) is 23.2 Å². The molecule has 1 aromatic carbocycles. The van der Waals surface area contributed by atoms with E-state index in [2.05, 4.69) is 15.0 Å². The van der Waals surface area contributed by atoms with Gasteiger partial charge in [0.05, 0.1) is 11.3 Å². The number of carbonyl (C=O) groups is 1. The Morgan fingerprint density at radius 3 is 2.67 bits per heavy atom. The van der Waals surface area contributed by atoms with Crippen molar-refractivity contribution in [2.75, 3.05) is 19.3 Å². The van der Waals surface area contributed by atoms with Crippen molar-refractivity contribution >= 4 is 50.0 Å². The van der Waals surface area contributed by atoms with E-state index in [-0.39, 0.29) is 23.8 Å². The number of H-pyrrole nitrogens is 1. The second-order valence-corrected chi connectivity index (χ2v) is 7.07. The molecule has 0 spiro atoms. The van der Waals surface area contributed by atoms with Crippen molar-refractivity contribution in [1.82, 2.24) is 15.0 Å². The van der Waals surface area contributed by atoms with Crippen LogP contribution in [-0.4, -0.2) is 38.7 Å². The smallest absolute Gasteiger partial charge is 0.269 e. The SMILES string of the molecule is CS(=O)(=O)NCCNC(=O)c1[nH]c2ccc(Cl)cc2c1Cl. The first-order valence-electron chi connectivity index (χ1n) is 5.97. The van der Waals surface area contributed by atoms with Crippen LogP contribution in [0.15, 0.2) is 18.2 Å². The van der Waals surface area contributed by atoms with Gasteiger partial charge in [0.1, 0.15) is 5.69 Å². The number of benzene rings is 1. The Labute approximate surface area is 131 Å². The van der Waals surface area contributed by atoms with Crippen molar-refractivity contribution in [3.05, 3.63) is 33.9 Å². The van der Waals surface area contributed by atoms with Crippen LogP contribution >= 0.6 is 23.2 Å². The maximum Gasteiger partial charge on any atom is 0.269 e. The van der Waals surface area contributed by atoms with E-state index >= 15 is 0 Å². The van der Waals surface area contributed by atoms with Crippen molar-refractivity contribution in [1.29, 1.82) is 0 Å². The van der Waals surface area contributed by atoms with Gasteiger partial charge in [-0.1, -0.05) is 23.2 Å². The maximum atomic E-state index is 12.0. The lowest BCUT2D eigenvalue weighted by Crippen LogP contribution is -2.34. The zero-order chi connectivity index (χ0) is 15.6. The molecule has 9 heteroatoms. The van der Waals surface area contributed by atoms with E-state index in [9.17, 15) is 13.2 Å². The summed E-state index contributed by atoms with van der Waals surface area (Å²) in [7, 11) is -3.27. The highest BCUT2D eigenvalue weighted by Crippen LogP contribution is 2.29. The molecule has 1 amide bonds. The summed E-state index contributed by atoms with van der Waals surface area (Å²) in [6.45, 7) is 0.257. The fourth-order valence-electron chi connectivity index (χ4n) is 1.79. The largest absolute Gasteiger partial charge is 0.349 e. The summed E-state index contributed by atoms with van der Waals surface area (Å²) in [6.07, 6.45) is 1.05. The highest BCUT2D eigenvalue weighted by molar-refractivity contribution is 7.88. The van der Waals surface area contributed by atoms with Gasteiger partial charge in [0.15, 0.2) is 0 Å². The quantitative estimate of drug-likeness (QED) is 0.718. The van der Waals surface area contributed by atoms with Crippen LogP contribution in [-0.2, 0) is 10.0 Å². The van der Waals surface area contributed by atoms with Crippen molar-refractivity contribution in [3.63, 3.8) is 0 Å². The molecule has 0 saturated carbocycles. The van der Waals surface area contributed by atoms with Gasteiger partial charge in [-0.25, -0.2) is 13.1 Å². The minimum absolute atomic E-state index is 0.105. The summed E-state index contributed by atoms with van der Waals surface area (Å²) in [5.74, 6) is -0.414. The fourth-order valence-corrected chi connectivity index (χ4v) is 2.72. The summed E-state index contributed by atoms with van der Waals surface area (Å²) in [5, 5.41) is 4.03. The molecule has 0 radical (unpaired) electrons. The molecular formula is C12H13Cl2N3O3S. The number of hydrogen-bond donors (Lipinski definition) is 3. The van der Waals surface area contributed by atoms with Gasteiger partial charge in [-0.15, -0.1) is 0 Å². The monoisotopic (exact) mass is 349 g/mol. The summed E-state index contributed by atoms with van der Waals surface area (Å²) in [6, 6.07) is 5.08. The molecular weight excluding hydrogens is 337 g/mol. The first kappa shape index (κ1) is 16.1. The molecule has 114 valence electrons. The first-order chi connectivity index (χ1) is 9.78. The molecule has 6 nitrogen and oxygen atoms in total. The van der Waals surface area contributed by atoms with Crippen LogP contribution in [0.3, 0.4) is 0 Å². The van der Waals surface area contributed by atoms with Crippen molar-refractivity contribution in [2.24, 2.45) is 0 Å². The number of nitrogens with one attached hydrogen (secondary N) is 3. The molecule has 1 heterocycles. The van der Waals surface area contributed by atoms with E-state index < -0.39 is 15.9 Å². The van der Waals surface area contributed by atoms with Crippen molar-refractivity contribution in [3.8, 4) is 0 Å². The minimum atomic E-state index is -3.27. The van der Waals surface area contributed by atoms with E-state index in [0.717, 1.165) is 6.26 Å². The lowest BCUT2D eigenvalue weighted by atomic mass is 10.2. The Balaban J connectivity index is 2.08. The fraction of sp³-hybridized carbons (Fsp3) is 0.250. The van der Waals surface area contributed by atoms with Gasteiger partial charge in [-0.2, -0.15) is 0 Å². The van der Waals surface area contributed by atoms with Crippen molar-refractivity contribution in [2.45, 2.75) is 0 Å². The predicted octanol–water partition coefficient (Wildman–Crippen LogP) is 1.75. The third-order valence-corrected chi connectivity index (χ3v) is 4.06. The summed E-state index contributed by atoms with van der Waals surface area (Å²) >= 11 is 12.0. The molecule has 0 bridgehead atoms. The lowest BCUT2D eigenvalue weighted by Gasteiger charge is -2.04. The van der Waals surface area contributed by atoms with Crippen LogP contribution in [0.5, 0.6) is 0 Å². The second kappa shape index (κ2) is 6.23. The molecule has 0 fully saturated rings. The van der Waals surface area contributed by atoms with Crippen LogP contribution in [0.1, 0.15) is 10.5 Å². The number of aromatic amines is 1. The standard InChI is InChI=1S/C12H13Cl2N3O3S/c1-21(19,20)16-5-4-15-12(18)11-10(14)8-6-7(13)2-3-9(8)17-11/h2-3,6,16-17H,4-5H2,1H3,(H,15,18). The Hall–Kier alpha value is -1.28. The Kier molecular flexibility index (Phi) is 4.77. The Bertz CT molecular complexity index is 786. The van der Waals surface area contributed by atoms with Gasteiger partial charge in [0.25, 0.3) is 5.91 Å². The maximum absolute atomic E-state index is 12.0. The van der Waals surface area contributed by atoms with Gasteiger partial charge in [0, 0.05) is 29.0 Å². The number of fused-ring (bicyclic) bond motifs is 1. The van der Waals surface area contributed by atoms with E-state index in [0.29, 0.717) is 15.9 Å². The lowest BCUT2D eigenvalue weighted by molar-refractivity contribution is 0.0950. The highest BCUT2D eigenvalue weighted by Gasteiger charge is 2.16. The normalized spacial score (nSPS) is 11.8. The third-order valence-electron chi connectivity index (χ3n) is 2.70. The topological polar surface area (TPSA) is 91.1 Å². The number of halogens is 2. The van der Waals surface area contributed by atoms with E-state index in [1.54, 1.807) is 18.2 Å². The number of sulfonamides is 1. The first-order valence-corrected chi connectivity index (χ1v) is 8.62. The highest BCUT2D eigenvalue weighted by atomic mass is 35.5. The summed E-state index contributed by atoms with van der Waals surface area (Å²) in [4.78, 5) is 14.9. The Morgan fingerprint density at radius 2 is 2.00 bits per heavy atom. The van der Waals surface area contributed by atoms with Crippen LogP contribution in [0.25, 0.3) is 10.9 Å². The van der Waals surface area contributed by atoms with Gasteiger partial charge >= 0.3 is 0 Å². The molecule has 3 N–H and O–H groups in total. The molecule has 0 atom stereocenters. The average molecular weight is 350 g/mol. The number of hydrogen-bond acceptors (Lipinski definition) is 3. The molecule has 1 aromatic heterocycles. The Morgan fingerprint density at radius 1 is 1.29 bits per heavy atom. The summed E-state index contributed by atoms with van der Waals surface area (Å²) < 4.78 is 24.0. The van der Waals surface area contributed by atoms with Gasteiger partial charge in [-0.05, 0) is 18.2 Å². The third kappa shape index (κ3) is 4.10. The average Bonchev–Trinajstić information content (AvgIpc) is 2.71. The number of carbonyl (C=O) groups excluding carboxylic acids is 1. The molecule has 2 aromatic rings. The van der Waals surface area contributed by atoms with Gasteiger partial charge in [-0.3, -0.25) is 4.79 Å². The van der Waals surface area contributed by atoms with E-state index in [1.165, 1.54) is 0 Å². The molecule has 0 aliphatic heterocycles. The molecule has 0 unspecified atom stereocenters. The number of rotatable bonds is 5. The van der Waals surface area contributed by atoms with Crippen LogP contribution in [0, 0.1) is 0 Å². The molecule has 2 rings (SSSR count). The van der Waals surface area contributed by atoms with Gasteiger partial charge in [0.2, 0.25) is 10.0 Å². The molecule has 0 saturated heterocycles. The zero-order valence-electron chi connectivity index (χ0n) is 11.0. The molecule has 0 aliphatic rings. The van der Waals surface area contributed by atoms with Crippen LogP contribution in [0.4, 0.5) is 0 Å². The number of amides is 1. The predicted molar refractivity (Wildman–Crippen MR) is 83.5 cm³/mol. The number of aromatic nitrogens is 1. The minimum Gasteiger partial charge on any atom is -0.349 e. The molecule has 0 aliphatic carbocycles. The van der Waals surface area contributed by atoms with Gasteiger partial charge < -0.3 is 10.3 Å². The molecule has 21 heavy (non-hydrogen) atoms. The summed E-state index contributed by atoms with van der Waals surface area (Å²) in [5.41, 5.74) is 0.914.